The van der Waals surface area contributed by atoms with Gasteiger partial charge in [0.1, 0.15) is 0 Å². The molecule has 0 atom stereocenters. The maximum absolute atomic E-state index is 10.2. The van der Waals surface area contributed by atoms with E-state index < -0.39 is 10.9 Å². The van der Waals surface area contributed by atoms with Crippen molar-refractivity contribution in [2.24, 2.45) is 0 Å². The highest BCUT2D eigenvalue weighted by Gasteiger charge is 2.11. The second-order valence-electron chi connectivity index (χ2n) is 2.41. The molecule has 0 aliphatic carbocycles. The quantitative estimate of drug-likeness (QED) is 0.516. The first-order chi connectivity index (χ1) is 4.79. The van der Waals surface area contributed by atoms with E-state index in [1.165, 1.54) is 0 Å². The SMILES string of the molecule is Cl.O=[SH](=O)NC1CCNCC1. The lowest BCUT2D eigenvalue weighted by molar-refractivity contribution is 0.431. The van der Waals surface area contributed by atoms with E-state index in [4.69, 9.17) is 0 Å². The molecule has 0 aromatic heterocycles. The summed E-state index contributed by atoms with van der Waals surface area (Å²) in [5.74, 6) is 0. The molecule has 6 heteroatoms. The fourth-order valence-corrected chi connectivity index (χ4v) is 1.66. The van der Waals surface area contributed by atoms with Crippen molar-refractivity contribution in [2.45, 2.75) is 18.9 Å². The van der Waals surface area contributed by atoms with Crippen molar-refractivity contribution in [1.29, 1.82) is 0 Å². The fourth-order valence-electron chi connectivity index (χ4n) is 1.10. The molecular weight excluding hydrogens is 188 g/mol. The average Bonchev–Trinajstić information content (AvgIpc) is 1.88. The topological polar surface area (TPSA) is 58.2 Å². The van der Waals surface area contributed by atoms with Crippen LogP contribution in [0.1, 0.15) is 12.8 Å². The van der Waals surface area contributed by atoms with E-state index in [1.807, 2.05) is 0 Å². The molecule has 0 spiro atoms. The molecule has 11 heavy (non-hydrogen) atoms. The number of hydrogen-bond acceptors (Lipinski definition) is 3. The second-order valence-corrected chi connectivity index (χ2v) is 3.18. The third kappa shape index (κ3) is 4.58. The highest BCUT2D eigenvalue weighted by atomic mass is 35.5. The average molecular weight is 201 g/mol. The van der Waals surface area contributed by atoms with Crippen LogP contribution in [0.15, 0.2) is 0 Å². The van der Waals surface area contributed by atoms with Gasteiger partial charge in [0.15, 0.2) is 0 Å². The Kier molecular flexibility index (Phi) is 5.85. The van der Waals surface area contributed by atoms with Crippen molar-refractivity contribution in [3.05, 3.63) is 0 Å². The van der Waals surface area contributed by atoms with E-state index >= 15 is 0 Å². The number of thiol groups is 1. The van der Waals surface area contributed by atoms with Gasteiger partial charge < -0.3 is 5.32 Å². The molecule has 1 saturated heterocycles. The summed E-state index contributed by atoms with van der Waals surface area (Å²) in [4.78, 5) is 0. The van der Waals surface area contributed by atoms with Crippen LogP contribution in [0.3, 0.4) is 0 Å². The van der Waals surface area contributed by atoms with Gasteiger partial charge in [-0.2, -0.15) is 0 Å². The predicted molar refractivity (Wildman–Crippen MR) is 46.6 cm³/mol. The van der Waals surface area contributed by atoms with Gasteiger partial charge in [-0.05, 0) is 25.9 Å². The number of halogens is 1. The van der Waals surface area contributed by atoms with Gasteiger partial charge in [-0.25, -0.2) is 13.1 Å². The summed E-state index contributed by atoms with van der Waals surface area (Å²) < 4.78 is 22.8. The van der Waals surface area contributed by atoms with Crippen LogP contribution in [0.5, 0.6) is 0 Å². The molecule has 68 valence electrons. The van der Waals surface area contributed by atoms with Crippen molar-refractivity contribution >= 4 is 23.3 Å². The van der Waals surface area contributed by atoms with Gasteiger partial charge in [0, 0.05) is 6.04 Å². The predicted octanol–water partition coefficient (Wildman–Crippen LogP) is -0.724. The van der Waals surface area contributed by atoms with E-state index in [9.17, 15) is 8.42 Å². The maximum atomic E-state index is 10.2. The first kappa shape index (κ1) is 11.2. The summed E-state index contributed by atoms with van der Waals surface area (Å²) in [5.41, 5.74) is 0. The number of piperidine rings is 1. The minimum atomic E-state index is -2.40. The molecule has 0 amide bonds. The summed E-state index contributed by atoms with van der Waals surface area (Å²) in [7, 11) is -2.40. The molecule has 0 saturated carbocycles. The summed E-state index contributed by atoms with van der Waals surface area (Å²) in [6, 6.07) is 0.169. The van der Waals surface area contributed by atoms with E-state index in [0.717, 1.165) is 25.9 Å². The van der Waals surface area contributed by atoms with Crippen molar-refractivity contribution in [3.63, 3.8) is 0 Å². The van der Waals surface area contributed by atoms with Crippen LogP contribution >= 0.6 is 12.4 Å². The number of nitrogens with one attached hydrogen (secondary N) is 2. The summed E-state index contributed by atoms with van der Waals surface area (Å²) >= 11 is 0. The van der Waals surface area contributed by atoms with Crippen molar-refractivity contribution < 1.29 is 8.42 Å². The van der Waals surface area contributed by atoms with Crippen LogP contribution in [0.4, 0.5) is 0 Å². The van der Waals surface area contributed by atoms with Crippen LogP contribution in [0.2, 0.25) is 0 Å². The normalized spacial score (nSPS) is 19.7. The van der Waals surface area contributed by atoms with Crippen molar-refractivity contribution in [2.75, 3.05) is 13.1 Å². The minimum absolute atomic E-state index is 0. The number of rotatable bonds is 2. The molecule has 4 nitrogen and oxygen atoms in total. The lowest BCUT2D eigenvalue weighted by atomic mass is 10.1. The number of hydrogen-bond donors (Lipinski definition) is 3. The summed E-state index contributed by atoms with van der Waals surface area (Å²) in [6.45, 7) is 1.84. The Balaban J connectivity index is 0.000001000. The molecule has 0 unspecified atom stereocenters. The second kappa shape index (κ2) is 5.77. The van der Waals surface area contributed by atoms with Gasteiger partial charge >= 0.3 is 0 Å². The van der Waals surface area contributed by atoms with Crippen LogP contribution < -0.4 is 10.0 Å². The third-order valence-electron chi connectivity index (χ3n) is 1.63. The van der Waals surface area contributed by atoms with E-state index in [1.54, 1.807) is 0 Å². The lowest BCUT2D eigenvalue weighted by Gasteiger charge is -2.20. The van der Waals surface area contributed by atoms with Gasteiger partial charge in [-0.15, -0.1) is 12.4 Å². The molecule has 2 N–H and O–H groups in total. The molecular formula is C5H13ClN2O2S. The standard InChI is InChI=1S/C5H12N2O2S.ClH/c8-10(9)7-5-1-3-6-4-2-5;/h5-6,10H,1-4H2,(H,7,8,9);1H. The zero-order chi connectivity index (χ0) is 7.40. The minimum Gasteiger partial charge on any atom is -0.317 e. The van der Waals surface area contributed by atoms with Crippen molar-refractivity contribution in [3.8, 4) is 0 Å². The molecule has 1 aliphatic rings. The van der Waals surface area contributed by atoms with Crippen LogP contribution in [0.25, 0.3) is 0 Å². The van der Waals surface area contributed by atoms with Gasteiger partial charge in [0.2, 0.25) is 10.9 Å². The Morgan fingerprint density at radius 2 is 1.82 bits per heavy atom. The van der Waals surface area contributed by atoms with Crippen LogP contribution in [0, 0.1) is 0 Å². The molecule has 0 aromatic rings. The molecule has 0 radical (unpaired) electrons. The van der Waals surface area contributed by atoms with E-state index in [0.29, 0.717) is 0 Å². The zero-order valence-corrected chi connectivity index (χ0v) is 7.79. The molecule has 1 fully saturated rings. The Morgan fingerprint density at radius 3 is 2.27 bits per heavy atom. The highest BCUT2D eigenvalue weighted by Crippen LogP contribution is 2.00. The Bertz CT molecular complexity index is 160. The monoisotopic (exact) mass is 200 g/mol. The summed E-state index contributed by atoms with van der Waals surface area (Å²) in [5, 5.41) is 3.15. The van der Waals surface area contributed by atoms with Gasteiger partial charge in [0.05, 0.1) is 0 Å². The van der Waals surface area contributed by atoms with Gasteiger partial charge in [-0.1, -0.05) is 0 Å². The smallest absolute Gasteiger partial charge is 0.201 e. The first-order valence-electron chi connectivity index (χ1n) is 3.40. The van der Waals surface area contributed by atoms with Gasteiger partial charge in [0.25, 0.3) is 0 Å². The summed E-state index contributed by atoms with van der Waals surface area (Å²) in [6.07, 6.45) is 1.81. The van der Waals surface area contributed by atoms with Crippen molar-refractivity contribution in [1.82, 2.24) is 10.0 Å². The Morgan fingerprint density at radius 1 is 1.27 bits per heavy atom. The zero-order valence-electron chi connectivity index (χ0n) is 6.08. The Labute approximate surface area is 74.2 Å². The maximum Gasteiger partial charge on any atom is 0.201 e. The molecule has 1 rings (SSSR count). The highest BCUT2D eigenvalue weighted by molar-refractivity contribution is 7.70. The molecule has 1 aliphatic heterocycles. The first-order valence-corrected chi connectivity index (χ1v) is 4.58. The van der Waals surface area contributed by atoms with E-state index in [-0.39, 0.29) is 18.4 Å². The van der Waals surface area contributed by atoms with Crippen LogP contribution in [-0.4, -0.2) is 27.5 Å². The molecule has 1 heterocycles. The Hall–Kier alpha value is 0.160. The molecule has 0 bridgehead atoms. The van der Waals surface area contributed by atoms with Gasteiger partial charge in [-0.3, -0.25) is 0 Å². The third-order valence-corrected chi connectivity index (χ3v) is 2.20. The fraction of sp³-hybridized carbons (Fsp3) is 1.00. The molecule has 0 aromatic carbocycles. The lowest BCUT2D eigenvalue weighted by Crippen LogP contribution is -2.39. The largest absolute Gasteiger partial charge is 0.317 e. The van der Waals surface area contributed by atoms with E-state index in [2.05, 4.69) is 10.0 Å². The van der Waals surface area contributed by atoms with Crippen LogP contribution in [-0.2, 0) is 10.9 Å².